The fraction of sp³-hybridized carbons (Fsp3) is 0.381. The molecule has 1 aliphatic heterocycles. The molecule has 0 spiro atoms. The molecular weight excluding hydrogens is 373 g/mol. The van der Waals surface area contributed by atoms with Crippen LogP contribution in [0, 0.1) is 19.7 Å². The molecule has 0 radical (unpaired) electrons. The van der Waals surface area contributed by atoms with Gasteiger partial charge in [-0.25, -0.2) is 14.4 Å². The van der Waals surface area contributed by atoms with Gasteiger partial charge in [-0.1, -0.05) is 0 Å². The molecule has 0 unspecified atom stereocenters. The topological polar surface area (TPSA) is 63.0 Å². The van der Waals surface area contributed by atoms with Crippen LogP contribution in [0.25, 0.3) is 5.78 Å². The van der Waals surface area contributed by atoms with Crippen LogP contribution in [-0.4, -0.2) is 62.9 Å². The van der Waals surface area contributed by atoms with E-state index in [0.29, 0.717) is 18.8 Å². The highest BCUT2D eigenvalue weighted by atomic mass is 19.1. The SMILES string of the molecule is Cc1cc(C)n2c(CN3CCN(C(=O)COc4ccc(F)cc4)CC3)cnc2n1. The van der Waals surface area contributed by atoms with E-state index in [9.17, 15) is 9.18 Å². The fourth-order valence-corrected chi connectivity index (χ4v) is 3.66. The molecule has 8 heteroatoms. The number of amides is 1. The van der Waals surface area contributed by atoms with Crippen LogP contribution in [0.2, 0.25) is 0 Å². The summed E-state index contributed by atoms with van der Waals surface area (Å²) in [6.07, 6.45) is 1.88. The Bertz CT molecular complexity index is 1010. The van der Waals surface area contributed by atoms with E-state index in [1.807, 2.05) is 18.0 Å². The van der Waals surface area contributed by atoms with Crippen molar-refractivity contribution in [2.24, 2.45) is 0 Å². The third kappa shape index (κ3) is 4.37. The van der Waals surface area contributed by atoms with Crippen molar-refractivity contribution in [3.8, 4) is 5.75 Å². The lowest BCUT2D eigenvalue weighted by molar-refractivity contribution is -0.135. The average molecular weight is 397 g/mol. The van der Waals surface area contributed by atoms with Crippen molar-refractivity contribution in [1.29, 1.82) is 0 Å². The lowest BCUT2D eigenvalue weighted by Crippen LogP contribution is -2.49. The molecule has 0 aliphatic carbocycles. The third-order valence-electron chi connectivity index (χ3n) is 5.15. The number of carbonyl (C=O) groups excluding carboxylic acids is 1. The minimum Gasteiger partial charge on any atom is -0.484 e. The van der Waals surface area contributed by atoms with Gasteiger partial charge in [-0.15, -0.1) is 0 Å². The number of hydrogen-bond donors (Lipinski definition) is 0. The monoisotopic (exact) mass is 397 g/mol. The Morgan fingerprint density at radius 3 is 2.59 bits per heavy atom. The number of hydrogen-bond acceptors (Lipinski definition) is 5. The number of aromatic nitrogens is 3. The molecule has 3 aromatic rings. The normalized spacial score (nSPS) is 15.1. The summed E-state index contributed by atoms with van der Waals surface area (Å²) < 4.78 is 20.5. The highest BCUT2D eigenvalue weighted by Gasteiger charge is 2.22. The number of halogens is 1. The van der Waals surface area contributed by atoms with Gasteiger partial charge in [0, 0.05) is 44.1 Å². The molecule has 4 rings (SSSR count). The Morgan fingerprint density at radius 1 is 1.14 bits per heavy atom. The summed E-state index contributed by atoms with van der Waals surface area (Å²) in [5.41, 5.74) is 3.18. The van der Waals surface area contributed by atoms with Crippen LogP contribution in [0.3, 0.4) is 0 Å². The molecule has 0 atom stereocenters. The fourth-order valence-electron chi connectivity index (χ4n) is 3.66. The smallest absolute Gasteiger partial charge is 0.260 e. The number of imidazole rings is 1. The van der Waals surface area contributed by atoms with Gasteiger partial charge in [0.2, 0.25) is 5.78 Å². The Morgan fingerprint density at radius 2 is 1.86 bits per heavy atom. The summed E-state index contributed by atoms with van der Waals surface area (Å²) in [6.45, 7) is 7.63. The van der Waals surface area contributed by atoms with Crippen molar-refractivity contribution in [2.75, 3.05) is 32.8 Å². The lowest BCUT2D eigenvalue weighted by Gasteiger charge is -2.34. The second-order valence-corrected chi connectivity index (χ2v) is 7.32. The standard InChI is InChI=1S/C21H24FN5O2/c1-15-11-16(2)27-18(12-23-21(27)24-15)13-25-7-9-26(10-8-25)20(28)14-29-19-5-3-17(22)4-6-19/h3-6,11-12H,7-10,13-14H2,1-2H3. The van der Waals surface area contributed by atoms with Gasteiger partial charge in [0.1, 0.15) is 11.6 Å². The molecule has 7 nitrogen and oxygen atoms in total. The Balaban J connectivity index is 1.30. The van der Waals surface area contributed by atoms with Crippen LogP contribution in [0.5, 0.6) is 5.75 Å². The zero-order chi connectivity index (χ0) is 20.4. The van der Waals surface area contributed by atoms with Crippen LogP contribution >= 0.6 is 0 Å². The predicted octanol–water partition coefficient (Wildman–Crippen LogP) is 2.21. The molecule has 1 aromatic carbocycles. The summed E-state index contributed by atoms with van der Waals surface area (Å²) >= 11 is 0. The van der Waals surface area contributed by atoms with Gasteiger partial charge < -0.3 is 9.64 Å². The van der Waals surface area contributed by atoms with Crippen LogP contribution in [-0.2, 0) is 11.3 Å². The molecule has 1 saturated heterocycles. The second-order valence-electron chi connectivity index (χ2n) is 7.32. The second kappa shape index (κ2) is 8.16. The third-order valence-corrected chi connectivity index (χ3v) is 5.15. The zero-order valence-corrected chi connectivity index (χ0v) is 16.6. The van der Waals surface area contributed by atoms with E-state index in [1.165, 1.54) is 24.3 Å². The zero-order valence-electron chi connectivity index (χ0n) is 16.6. The van der Waals surface area contributed by atoms with Gasteiger partial charge >= 0.3 is 0 Å². The van der Waals surface area contributed by atoms with Crippen LogP contribution in [0.15, 0.2) is 36.5 Å². The van der Waals surface area contributed by atoms with Crippen molar-refractivity contribution in [3.63, 3.8) is 0 Å². The molecule has 1 fully saturated rings. The van der Waals surface area contributed by atoms with E-state index in [-0.39, 0.29) is 18.3 Å². The number of rotatable bonds is 5. The summed E-state index contributed by atoms with van der Waals surface area (Å²) in [4.78, 5) is 25.4. The molecular formula is C21H24FN5O2. The van der Waals surface area contributed by atoms with E-state index in [1.54, 1.807) is 0 Å². The molecule has 1 amide bonds. The highest BCUT2D eigenvalue weighted by molar-refractivity contribution is 5.77. The van der Waals surface area contributed by atoms with Gasteiger partial charge in [0.05, 0.1) is 11.9 Å². The van der Waals surface area contributed by atoms with Crippen molar-refractivity contribution >= 4 is 11.7 Å². The van der Waals surface area contributed by atoms with Crippen molar-refractivity contribution in [1.82, 2.24) is 24.2 Å². The van der Waals surface area contributed by atoms with Gasteiger partial charge in [-0.3, -0.25) is 14.1 Å². The Labute approximate surface area is 168 Å². The lowest BCUT2D eigenvalue weighted by atomic mass is 10.3. The maximum absolute atomic E-state index is 12.9. The maximum atomic E-state index is 12.9. The van der Waals surface area contributed by atoms with Gasteiger partial charge in [-0.05, 0) is 44.2 Å². The van der Waals surface area contributed by atoms with Gasteiger partial charge in [0.25, 0.3) is 5.91 Å². The minimum absolute atomic E-state index is 0.0386. The average Bonchev–Trinajstić information content (AvgIpc) is 3.10. The molecule has 2 aromatic heterocycles. The minimum atomic E-state index is -0.327. The molecule has 0 N–H and O–H groups in total. The summed E-state index contributed by atoms with van der Waals surface area (Å²) in [7, 11) is 0. The van der Waals surface area contributed by atoms with E-state index in [4.69, 9.17) is 4.74 Å². The van der Waals surface area contributed by atoms with E-state index in [0.717, 1.165) is 42.5 Å². The van der Waals surface area contributed by atoms with E-state index >= 15 is 0 Å². The number of aryl methyl sites for hydroxylation is 2. The van der Waals surface area contributed by atoms with Crippen LogP contribution in [0.4, 0.5) is 4.39 Å². The maximum Gasteiger partial charge on any atom is 0.260 e. The number of fused-ring (bicyclic) bond motifs is 1. The number of ether oxygens (including phenoxy) is 1. The number of benzene rings is 1. The molecule has 0 saturated carbocycles. The molecule has 29 heavy (non-hydrogen) atoms. The predicted molar refractivity (Wildman–Crippen MR) is 106 cm³/mol. The van der Waals surface area contributed by atoms with Crippen LogP contribution < -0.4 is 4.74 Å². The quantitative estimate of drug-likeness (QED) is 0.661. The number of carbonyl (C=O) groups is 1. The first-order valence-corrected chi connectivity index (χ1v) is 9.68. The van der Waals surface area contributed by atoms with E-state index < -0.39 is 0 Å². The van der Waals surface area contributed by atoms with Crippen LogP contribution in [0.1, 0.15) is 17.1 Å². The first-order chi connectivity index (χ1) is 14.0. The van der Waals surface area contributed by atoms with Crippen molar-refractivity contribution < 1.29 is 13.9 Å². The number of piperazine rings is 1. The van der Waals surface area contributed by atoms with Gasteiger partial charge in [-0.2, -0.15) is 0 Å². The largest absolute Gasteiger partial charge is 0.484 e. The molecule has 3 heterocycles. The summed E-state index contributed by atoms with van der Waals surface area (Å²) in [5, 5.41) is 0. The molecule has 1 aliphatic rings. The molecule has 152 valence electrons. The molecule has 0 bridgehead atoms. The highest BCUT2D eigenvalue weighted by Crippen LogP contribution is 2.15. The van der Waals surface area contributed by atoms with Crippen molar-refractivity contribution in [3.05, 3.63) is 59.4 Å². The Kier molecular flexibility index (Phi) is 5.44. The number of nitrogens with zero attached hydrogens (tertiary/aromatic N) is 5. The Hall–Kier alpha value is -3.00. The summed E-state index contributed by atoms with van der Waals surface area (Å²) in [6, 6.07) is 7.73. The summed E-state index contributed by atoms with van der Waals surface area (Å²) in [5.74, 6) is 0.834. The first kappa shape index (κ1) is 19.3. The van der Waals surface area contributed by atoms with Gasteiger partial charge in [0.15, 0.2) is 6.61 Å². The van der Waals surface area contributed by atoms with Crippen molar-refractivity contribution in [2.45, 2.75) is 20.4 Å². The van der Waals surface area contributed by atoms with E-state index in [2.05, 4.69) is 32.3 Å². The first-order valence-electron chi connectivity index (χ1n) is 9.68.